The molecule has 1 heterocycles. The fourth-order valence-electron chi connectivity index (χ4n) is 1.97. The molecule has 3 aromatic rings. The maximum absolute atomic E-state index is 12.0. The molecule has 0 aliphatic carbocycles. The Labute approximate surface area is 138 Å². The fraction of sp³-hybridized carbons (Fsp3) is 0.118. The van der Waals surface area contributed by atoms with Crippen LogP contribution < -0.4 is 10.1 Å². The van der Waals surface area contributed by atoms with Crippen molar-refractivity contribution < 1.29 is 9.53 Å². The van der Waals surface area contributed by atoms with E-state index in [-0.39, 0.29) is 5.91 Å². The number of anilines is 1. The number of ether oxygens (including phenoxy) is 1. The van der Waals surface area contributed by atoms with Gasteiger partial charge in [-0.25, -0.2) is 0 Å². The van der Waals surface area contributed by atoms with E-state index >= 15 is 0 Å². The molecule has 1 aromatic heterocycles. The molecule has 0 aliphatic rings. The minimum absolute atomic E-state index is 0.108. The van der Waals surface area contributed by atoms with Crippen LogP contribution in [0.5, 0.6) is 5.75 Å². The second-order valence-electron chi connectivity index (χ2n) is 4.81. The van der Waals surface area contributed by atoms with Gasteiger partial charge in [-0.1, -0.05) is 59.9 Å². The van der Waals surface area contributed by atoms with Gasteiger partial charge in [0.05, 0.1) is 6.42 Å². The van der Waals surface area contributed by atoms with Crippen LogP contribution in [0.15, 0.2) is 60.7 Å². The molecule has 0 fully saturated rings. The van der Waals surface area contributed by atoms with Crippen molar-refractivity contribution in [1.82, 2.24) is 10.2 Å². The van der Waals surface area contributed by atoms with Crippen LogP contribution in [0.4, 0.5) is 5.13 Å². The molecule has 0 unspecified atom stereocenters. The number of hydrogen-bond acceptors (Lipinski definition) is 5. The summed E-state index contributed by atoms with van der Waals surface area (Å²) >= 11 is 1.31. The highest BCUT2D eigenvalue weighted by Gasteiger charge is 2.09. The van der Waals surface area contributed by atoms with Gasteiger partial charge in [0.15, 0.2) is 5.01 Å². The number of carbonyl (C=O) groups is 1. The van der Waals surface area contributed by atoms with Gasteiger partial charge in [-0.05, 0) is 17.7 Å². The van der Waals surface area contributed by atoms with Crippen molar-refractivity contribution >= 4 is 22.4 Å². The number of carbonyl (C=O) groups excluding carboxylic acids is 1. The SMILES string of the molecule is O=C(Cc1ccccc1)Nc1nnc(COc2ccccc2)s1. The first-order valence-electron chi connectivity index (χ1n) is 7.13. The van der Waals surface area contributed by atoms with E-state index in [0.717, 1.165) is 11.3 Å². The minimum atomic E-state index is -0.108. The summed E-state index contributed by atoms with van der Waals surface area (Å²) in [7, 11) is 0. The third-order valence-corrected chi connectivity index (χ3v) is 3.84. The first-order valence-corrected chi connectivity index (χ1v) is 7.95. The number of nitrogens with zero attached hydrogens (tertiary/aromatic N) is 2. The van der Waals surface area contributed by atoms with Crippen molar-refractivity contribution in [2.75, 3.05) is 5.32 Å². The number of benzene rings is 2. The van der Waals surface area contributed by atoms with E-state index in [0.29, 0.717) is 23.2 Å². The average molecular weight is 325 g/mol. The zero-order valence-electron chi connectivity index (χ0n) is 12.3. The monoisotopic (exact) mass is 325 g/mol. The standard InChI is InChI=1S/C17H15N3O2S/c21-15(11-13-7-3-1-4-8-13)18-17-20-19-16(23-17)12-22-14-9-5-2-6-10-14/h1-10H,11-12H2,(H,18,20,21). The maximum Gasteiger partial charge on any atom is 0.230 e. The molecule has 0 radical (unpaired) electrons. The van der Waals surface area contributed by atoms with Gasteiger partial charge in [0.1, 0.15) is 12.4 Å². The largest absolute Gasteiger partial charge is 0.486 e. The summed E-state index contributed by atoms with van der Waals surface area (Å²) in [6, 6.07) is 19.1. The summed E-state index contributed by atoms with van der Waals surface area (Å²) in [6.45, 7) is 0.330. The molecule has 3 rings (SSSR count). The van der Waals surface area contributed by atoms with Crippen molar-refractivity contribution in [2.45, 2.75) is 13.0 Å². The summed E-state index contributed by atoms with van der Waals surface area (Å²) < 4.78 is 5.60. The Kier molecular flexibility index (Phi) is 4.95. The number of rotatable bonds is 6. The molecule has 5 nitrogen and oxygen atoms in total. The highest BCUT2D eigenvalue weighted by Crippen LogP contribution is 2.18. The fourth-order valence-corrected chi connectivity index (χ4v) is 2.64. The topological polar surface area (TPSA) is 64.1 Å². The molecule has 6 heteroatoms. The van der Waals surface area contributed by atoms with Crippen molar-refractivity contribution in [3.05, 3.63) is 71.2 Å². The Morgan fingerprint density at radius 3 is 2.43 bits per heavy atom. The van der Waals surface area contributed by atoms with Crippen LogP contribution in [0.2, 0.25) is 0 Å². The molecular formula is C17H15N3O2S. The number of hydrogen-bond donors (Lipinski definition) is 1. The Morgan fingerprint density at radius 1 is 1.00 bits per heavy atom. The molecule has 0 aliphatic heterocycles. The number of para-hydroxylation sites is 1. The molecule has 2 aromatic carbocycles. The normalized spacial score (nSPS) is 10.3. The van der Waals surface area contributed by atoms with E-state index in [1.54, 1.807) is 0 Å². The van der Waals surface area contributed by atoms with Crippen molar-refractivity contribution in [3.8, 4) is 5.75 Å². The Balaban J connectivity index is 1.52. The second kappa shape index (κ2) is 7.51. The molecule has 23 heavy (non-hydrogen) atoms. The van der Waals surface area contributed by atoms with E-state index in [1.807, 2.05) is 60.7 Å². The molecule has 1 N–H and O–H groups in total. The number of aromatic nitrogens is 2. The average Bonchev–Trinajstić information content (AvgIpc) is 3.02. The van der Waals surface area contributed by atoms with Gasteiger partial charge < -0.3 is 10.1 Å². The molecule has 0 atom stereocenters. The first kappa shape index (κ1) is 15.2. The van der Waals surface area contributed by atoms with Gasteiger partial charge in [-0.15, -0.1) is 10.2 Å². The van der Waals surface area contributed by atoms with Crippen LogP contribution in [0, 0.1) is 0 Å². The quantitative estimate of drug-likeness (QED) is 0.755. The maximum atomic E-state index is 12.0. The molecule has 116 valence electrons. The van der Waals surface area contributed by atoms with E-state index in [1.165, 1.54) is 11.3 Å². The van der Waals surface area contributed by atoms with Gasteiger partial charge in [-0.2, -0.15) is 0 Å². The van der Waals surface area contributed by atoms with E-state index < -0.39 is 0 Å². The lowest BCUT2D eigenvalue weighted by molar-refractivity contribution is -0.115. The van der Waals surface area contributed by atoms with E-state index in [2.05, 4.69) is 15.5 Å². The van der Waals surface area contributed by atoms with Crippen molar-refractivity contribution in [1.29, 1.82) is 0 Å². The van der Waals surface area contributed by atoms with Crippen LogP contribution >= 0.6 is 11.3 Å². The second-order valence-corrected chi connectivity index (χ2v) is 5.88. The lowest BCUT2D eigenvalue weighted by atomic mass is 10.1. The van der Waals surface area contributed by atoms with Gasteiger partial charge in [-0.3, -0.25) is 4.79 Å². The molecule has 0 saturated heterocycles. The summed E-state index contributed by atoms with van der Waals surface area (Å²) in [5.74, 6) is 0.667. The van der Waals surface area contributed by atoms with Crippen LogP contribution in [0.1, 0.15) is 10.6 Å². The van der Waals surface area contributed by atoms with E-state index in [9.17, 15) is 4.79 Å². The predicted molar refractivity (Wildman–Crippen MR) is 89.5 cm³/mol. The van der Waals surface area contributed by atoms with Gasteiger partial charge >= 0.3 is 0 Å². The van der Waals surface area contributed by atoms with Crippen LogP contribution in [0.3, 0.4) is 0 Å². The van der Waals surface area contributed by atoms with Gasteiger partial charge in [0.25, 0.3) is 0 Å². The van der Waals surface area contributed by atoms with Gasteiger partial charge in [0, 0.05) is 0 Å². The highest BCUT2D eigenvalue weighted by atomic mass is 32.1. The van der Waals surface area contributed by atoms with Crippen molar-refractivity contribution in [2.24, 2.45) is 0 Å². The first-order chi connectivity index (χ1) is 11.3. The molecule has 0 spiro atoms. The van der Waals surface area contributed by atoms with Crippen LogP contribution in [-0.2, 0) is 17.8 Å². The van der Waals surface area contributed by atoms with Crippen LogP contribution in [-0.4, -0.2) is 16.1 Å². The molecule has 1 amide bonds. The Hall–Kier alpha value is -2.73. The van der Waals surface area contributed by atoms with E-state index in [4.69, 9.17) is 4.74 Å². The third kappa shape index (κ3) is 4.62. The molecule has 0 bridgehead atoms. The van der Waals surface area contributed by atoms with Gasteiger partial charge in [0.2, 0.25) is 11.0 Å². The zero-order chi connectivity index (χ0) is 15.9. The third-order valence-electron chi connectivity index (χ3n) is 3.03. The lowest BCUT2D eigenvalue weighted by Crippen LogP contribution is -2.14. The lowest BCUT2D eigenvalue weighted by Gasteiger charge is -2.02. The smallest absolute Gasteiger partial charge is 0.230 e. The Morgan fingerprint density at radius 2 is 1.70 bits per heavy atom. The molecular weight excluding hydrogens is 310 g/mol. The van der Waals surface area contributed by atoms with Crippen LogP contribution in [0.25, 0.3) is 0 Å². The zero-order valence-corrected chi connectivity index (χ0v) is 13.1. The Bertz CT molecular complexity index is 760. The highest BCUT2D eigenvalue weighted by molar-refractivity contribution is 7.15. The minimum Gasteiger partial charge on any atom is -0.486 e. The molecule has 0 saturated carbocycles. The summed E-state index contributed by atoms with van der Waals surface area (Å²) in [6.07, 6.45) is 0.316. The summed E-state index contributed by atoms with van der Waals surface area (Å²) in [5, 5.41) is 11.9. The summed E-state index contributed by atoms with van der Waals surface area (Å²) in [5.41, 5.74) is 0.960. The predicted octanol–water partition coefficient (Wildman–Crippen LogP) is 3.30. The number of nitrogens with one attached hydrogen (secondary N) is 1. The number of amides is 1. The summed E-state index contributed by atoms with van der Waals surface area (Å²) in [4.78, 5) is 12.0. The van der Waals surface area contributed by atoms with Crippen molar-refractivity contribution in [3.63, 3.8) is 0 Å².